The molecule has 0 aliphatic carbocycles. The first kappa shape index (κ1) is 21.9. The number of nitro groups is 1. The highest BCUT2D eigenvalue weighted by molar-refractivity contribution is 6.24. The summed E-state index contributed by atoms with van der Waals surface area (Å²) >= 11 is 0. The van der Waals surface area contributed by atoms with Crippen LogP contribution in [0.5, 0.6) is 0 Å². The molecule has 5 rings (SSSR count). The molecule has 0 unspecified atom stereocenters. The smallest absolute Gasteiger partial charge is 0.269 e. The van der Waals surface area contributed by atoms with Crippen LogP contribution in [0.1, 0.15) is 43.5 Å². The Morgan fingerprint density at radius 3 is 2.38 bits per heavy atom. The lowest BCUT2D eigenvalue weighted by atomic mass is 9.79. The van der Waals surface area contributed by atoms with Gasteiger partial charge in [0.25, 0.3) is 5.69 Å². The number of carbonyl (C=O) groups excluding carboxylic acids is 3. The van der Waals surface area contributed by atoms with Gasteiger partial charge in [-0.3, -0.25) is 29.5 Å². The highest BCUT2D eigenvalue weighted by Crippen LogP contribution is 2.53. The van der Waals surface area contributed by atoms with Crippen molar-refractivity contribution in [3.63, 3.8) is 0 Å². The van der Waals surface area contributed by atoms with Gasteiger partial charge in [0.05, 0.1) is 34.7 Å². The van der Waals surface area contributed by atoms with Crippen LogP contribution in [-0.2, 0) is 14.4 Å². The molecule has 2 amide bonds. The van der Waals surface area contributed by atoms with Gasteiger partial charge in [-0.1, -0.05) is 45.0 Å². The van der Waals surface area contributed by atoms with E-state index in [0.717, 1.165) is 16.0 Å². The summed E-state index contributed by atoms with van der Waals surface area (Å²) in [6, 6.07) is 10.1. The fraction of sp³-hybridized carbons (Fsp3) is 0.360. The van der Waals surface area contributed by atoms with Crippen LogP contribution in [0.25, 0.3) is 0 Å². The largest absolute Gasteiger partial charge is 0.297 e. The summed E-state index contributed by atoms with van der Waals surface area (Å²) in [6.07, 6.45) is 1.67. The second kappa shape index (κ2) is 7.31. The van der Waals surface area contributed by atoms with Gasteiger partial charge in [-0.15, -0.1) is 0 Å². The molecule has 3 heterocycles. The number of hydrogen-bond acceptors (Lipinski definition) is 7. The van der Waals surface area contributed by atoms with Crippen molar-refractivity contribution in [2.75, 3.05) is 4.90 Å². The zero-order chi connectivity index (χ0) is 24.5. The molecular formula is C25H24N4O5. The Labute approximate surface area is 196 Å². The second-order valence-electron chi connectivity index (χ2n) is 10.0. The van der Waals surface area contributed by atoms with Gasteiger partial charge in [-0.25, -0.2) is 4.90 Å². The van der Waals surface area contributed by atoms with Gasteiger partial charge >= 0.3 is 0 Å². The van der Waals surface area contributed by atoms with Crippen LogP contribution in [0.4, 0.5) is 11.4 Å². The van der Waals surface area contributed by atoms with Crippen molar-refractivity contribution in [1.82, 2.24) is 5.01 Å². The van der Waals surface area contributed by atoms with Gasteiger partial charge in [0.15, 0.2) is 5.78 Å². The molecule has 174 valence electrons. The van der Waals surface area contributed by atoms with E-state index in [1.165, 1.54) is 18.2 Å². The van der Waals surface area contributed by atoms with E-state index in [9.17, 15) is 24.5 Å². The van der Waals surface area contributed by atoms with Crippen molar-refractivity contribution >= 4 is 35.2 Å². The van der Waals surface area contributed by atoms with Crippen molar-refractivity contribution < 1.29 is 19.3 Å². The first-order valence-corrected chi connectivity index (χ1v) is 11.1. The Hall–Kier alpha value is -3.88. The number of nitro benzene ring substituents is 1. The van der Waals surface area contributed by atoms with Crippen molar-refractivity contribution in [3.8, 4) is 0 Å². The van der Waals surface area contributed by atoms with Gasteiger partial charge in [-0.05, 0) is 29.7 Å². The Morgan fingerprint density at radius 1 is 1.06 bits per heavy atom. The number of Topliss-reactive ketones (excluding diaryl/α,β-unsaturated/α-hetero) is 1. The fourth-order valence-electron chi connectivity index (χ4n) is 5.35. The summed E-state index contributed by atoms with van der Waals surface area (Å²) in [5, 5.41) is 17.3. The highest BCUT2D eigenvalue weighted by Gasteiger charge is 2.66. The Kier molecular flexibility index (Phi) is 4.72. The predicted molar refractivity (Wildman–Crippen MR) is 124 cm³/mol. The molecule has 9 heteroatoms. The second-order valence-corrected chi connectivity index (χ2v) is 10.0. The van der Waals surface area contributed by atoms with Gasteiger partial charge in [0, 0.05) is 17.5 Å². The van der Waals surface area contributed by atoms with E-state index < -0.39 is 46.1 Å². The first-order valence-electron chi connectivity index (χ1n) is 11.1. The Morgan fingerprint density at radius 2 is 1.74 bits per heavy atom. The summed E-state index contributed by atoms with van der Waals surface area (Å²) in [5.41, 5.74) is 1.56. The highest BCUT2D eigenvalue weighted by atomic mass is 16.6. The minimum atomic E-state index is -0.901. The van der Waals surface area contributed by atoms with Crippen LogP contribution in [-0.4, -0.2) is 39.8 Å². The monoisotopic (exact) mass is 460 g/mol. The SMILES string of the molecule is Cc1cc([N+](=O)[O-])ccc1N1C(=O)[C@@H]2[C@H](C1=O)[C@@H]1c3ccccc3C=NN1[C@@H]2C(=O)C(C)(C)C. The average molecular weight is 460 g/mol. The average Bonchev–Trinajstić information content (AvgIpc) is 3.25. The molecule has 2 saturated heterocycles. The molecule has 3 aliphatic heterocycles. The Balaban J connectivity index is 1.65. The van der Waals surface area contributed by atoms with Crippen molar-refractivity contribution in [1.29, 1.82) is 0 Å². The number of carbonyl (C=O) groups is 3. The summed E-state index contributed by atoms with van der Waals surface area (Å²) in [5.74, 6) is -2.75. The lowest BCUT2D eigenvalue weighted by Gasteiger charge is -2.35. The molecule has 34 heavy (non-hydrogen) atoms. The van der Waals surface area contributed by atoms with Gasteiger partial charge in [0.1, 0.15) is 6.04 Å². The molecule has 3 aliphatic rings. The number of fused-ring (bicyclic) bond motifs is 5. The van der Waals surface area contributed by atoms with Crippen LogP contribution >= 0.6 is 0 Å². The molecule has 2 fully saturated rings. The summed E-state index contributed by atoms with van der Waals surface area (Å²) in [6.45, 7) is 7.00. The number of benzene rings is 2. The van der Waals surface area contributed by atoms with Crippen LogP contribution in [0.15, 0.2) is 47.6 Å². The van der Waals surface area contributed by atoms with E-state index in [0.29, 0.717) is 11.3 Å². The number of anilines is 1. The van der Waals surface area contributed by atoms with E-state index in [2.05, 4.69) is 5.10 Å². The quantitative estimate of drug-likeness (QED) is 0.394. The van der Waals surface area contributed by atoms with E-state index in [4.69, 9.17) is 0 Å². The maximum atomic E-state index is 13.8. The molecule has 4 atom stereocenters. The summed E-state index contributed by atoms with van der Waals surface area (Å²) < 4.78 is 0. The third kappa shape index (κ3) is 2.99. The molecule has 0 bridgehead atoms. The molecule has 0 aromatic heterocycles. The van der Waals surface area contributed by atoms with Gasteiger partial charge in [0.2, 0.25) is 11.8 Å². The number of aryl methyl sites for hydroxylation is 1. The minimum Gasteiger partial charge on any atom is -0.297 e. The van der Waals surface area contributed by atoms with E-state index in [1.54, 1.807) is 38.9 Å². The standard InChI is InChI=1S/C25H24N4O5/c1-13-11-15(29(33)34)9-10-17(13)27-23(31)18-19(24(27)32)21(22(30)25(2,3)4)28-20(18)16-8-6-5-7-14(16)12-26-28/h5-12,18-21H,1-4H3/t18-,19+,20-,21-/m0/s1. The van der Waals surface area contributed by atoms with Crippen molar-refractivity contribution in [3.05, 3.63) is 69.3 Å². The topological polar surface area (TPSA) is 113 Å². The number of rotatable bonds is 3. The lowest BCUT2D eigenvalue weighted by molar-refractivity contribution is -0.384. The summed E-state index contributed by atoms with van der Waals surface area (Å²) in [4.78, 5) is 53.0. The number of nitrogens with zero attached hydrogens (tertiary/aromatic N) is 4. The number of amides is 2. The molecular weight excluding hydrogens is 436 g/mol. The molecule has 0 N–H and O–H groups in total. The Bertz CT molecular complexity index is 1290. The maximum absolute atomic E-state index is 13.8. The zero-order valence-corrected chi connectivity index (χ0v) is 19.3. The van der Waals surface area contributed by atoms with Gasteiger partial charge < -0.3 is 0 Å². The normalized spacial score (nSPS) is 25.3. The summed E-state index contributed by atoms with van der Waals surface area (Å²) in [7, 11) is 0. The molecule has 9 nitrogen and oxygen atoms in total. The number of hydrazone groups is 1. The maximum Gasteiger partial charge on any atom is 0.269 e. The first-order chi connectivity index (χ1) is 16.0. The van der Waals surface area contributed by atoms with Crippen LogP contribution in [0.2, 0.25) is 0 Å². The van der Waals surface area contributed by atoms with Crippen LogP contribution < -0.4 is 4.90 Å². The molecule has 0 radical (unpaired) electrons. The molecule has 2 aromatic rings. The van der Waals surface area contributed by atoms with Gasteiger partial charge in [-0.2, -0.15) is 5.10 Å². The third-order valence-electron chi connectivity index (χ3n) is 6.93. The molecule has 0 saturated carbocycles. The lowest BCUT2D eigenvalue weighted by Crippen LogP contribution is -2.48. The number of imide groups is 1. The molecule has 2 aromatic carbocycles. The number of ketones is 1. The van der Waals surface area contributed by atoms with E-state index in [1.807, 2.05) is 24.3 Å². The van der Waals surface area contributed by atoms with E-state index in [-0.39, 0.29) is 11.5 Å². The van der Waals surface area contributed by atoms with Crippen LogP contribution in [0.3, 0.4) is 0 Å². The minimum absolute atomic E-state index is 0.122. The molecule has 0 spiro atoms. The number of hydrogen-bond donors (Lipinski definition) is 0. The predicted octanol–water partition coefficient (Wildman–Crippen LogP) is 3.40. The zero-order valence-electron chi connectivity index (χ0n) is 19.3. The number of non-ortho nitro benzene ring substituents is 1. The van der Waals surface area contributed by atoms with Crippen molar-refractivity contribution in [2.45, 2.75) is 39.8 Å². The van der Waals surface area contributed by atoms with E-state index >= 15 is 0 Å². The van der Waals surface area contributed by atoms with Crippen LogP contribution in [0, 0.1) is 34.3 Å². The third-order valence-corrected chi connectivity index (χ3v) is 6.93. The van der Waals surface area contributed by atoms with Crippen molar-refractivity contribution in [2.24, 2.45) is 22.4 Å². The fourth-order valence-corrected chi connectivity index (χ4v) is 5.35.